The highest BCUT2D eigenvalue weighted by Gasteiger charge is 2.25. The van der Waals surface area contributed by atoms with Crippen LogP contribution in [0.15, 0.2) is 124 Å². The number of halogens is 2. The monoisotopic (exact) mass is 558 g/mol. The molecule has 4 heteroatoms. The zero-order valence-corrected chi connectivity index (χ0v) is 20.8. The molecule has 0 radical (unpaired) electrons. The van der Waals surface area contributed by atoms with Gasteiger partial charge in [0.15, 0.2) is 5.78 Å². The molecule has 4 rings (SSSR count). The first kappa shape index (κ1) is 23.0. The van der Waals surface area contributed by atoms with Gasteiger partial charge in [-0.25, -0.2) is 0 Å². The molecule has 0 aliphatic carbocycles. The summed E-state index contributed by atoms with van der Waals surface area (Å²) in [5, 5.41) is 11.5. The molecule has 33 heavy (non-hydrogen) atoms. The summed E-state index contributed by atoms with van der Waals surface area (Å²) < 4.78 is 1.56. The first-order chi connectivity index (χ1) is 16.0. The van der Waals surface area contributed by atoms with Crippen molar-refractivity contribution in [2.75, 3.05) is 0 Å². The highest BCUT2D eigenvalue weighted by molar-refractivity contribution is 9.10. The van der Waals surface area contributed by atoms with Crippen LogP contribution >= 0.6 is 31.9 Å². The van der Waals surface area contributed by atoms with Gasteiger partial charge in [-0.1, -0.05) is 117 Å². The fourth-order valence-electron chi connectivity index (χ4n) is 3.52. The number of hydrogen-bond donors (Lipinski definition) is 1. The summed E-state index contributed by atoms with van der Waals surface area (Å²) in [5.74, 6) is -0.344. The van der Waals surface area contributed by atoms with E-state index in [-0.39, 0.29) is 17.1 Å². The fraction of sp³-hybridized carbons (Fsp3) is 0. The zero-order chi connectivity index (χ0) is 23.2. The second-order valence-corrected chi connectivity index (χ2v) is 9.14. The summed E-state index contributed by atoms with van der Waals surface area (Å²) in [7, 11) is 0. The summed E-state index contributed by atoms with van der Waals surface area (Å²) in [6.07, 6.45) is 1.94. The topological polar surface area (TPSA) is 37.3 Å². The van der Waals surface area contributed by atoms with Crippen molar-refractivity contribution in [2.24, 2.45) is 0 Å². The molecule has 162 valence electrons. The third-order valence-electron chi connectivity index (χ3n) is 5.16. The Bertz CT molecular complexity index is 1320. The lowest BCUT2D eigenvalue weighted by Gasteiger charge is -2.16. The first-order valence-electron chi connectivity index (χ1n) is 10.4. The van der Waals surface area contributed by atoms with Crippen molar-refractivity contribution in [2.45, 2.75) is 0 Å². The van der Waals surface area contributed by atoms with Crippen LogP contribution < -0.4 is 0 Å². The number of benzene rings is 4. The van der Waals surface area contributed by atoms with Gasteiger partial charge in [0.25, 0.3) is 0 Å². The average molecular weight is 560 g/mol. The molecule has 0 amide bonds. The summed E-state index contributed by atoms with van der Waals surface area (Å²) >= 11 is 6.94. The number of carbonyl (C=O) groups is 1. The maximum absolute atomic E-state index is 14.0. The molecule has 0 saturated carbocycles. The number of hydrogen-bond acceptors (Lipinski definition) is 2. The molecule has 2 nitrogen and oxygen atoms in total. The van der Waals surface area contributed by atoms with Gasteiger partial charge in [-0.3, -0.25) is 4.79 Å². The van der Waals surface area contributed by atoms with Crippen molar-refractivity contribution in [1.29, 1.82) is 0 Å². The molecule has 0 aliphatic heterocycles. The highest BCUT2D eigenvalue weighted by Crippen LogP contribution is 2.35. The van der Waals surface area contributed by atoms with Crippen molar-refractivity contribution in [3.63, 3.8) is 0 Å². The number of rotatable bonds is 6. The maximum Gasteiger partial charge on any atom is 0.198 e. The Kier molecular flexibility index (Phi) is 7.38. The molecule has 0 bridgehead atoms. The predicted molar refractivity (Wildman–Crippen MR) is 143 cm³/mol. The lowest BCUT2D eigenvalue weighted by molar-refractivity contribution is 0.103. The van der Waals surface area contributed by atoms with Crippen LogP contribution in [0.25, 0.3) is 17.4 Å². The normalized spacial score (nSPS) is 12.2. The van der Waals surface area contributed by atoms with Gasteiger partial charge >= 0.3 is 0 Å². The van der Waals surface area contributed by atoms with E-state index in [1.165, 1.54) is 0 Å². The second-order valence-electron chi connectivity index (χ2n) is 7.37. The van der Waals surface area contributed by atoms with E-state index in [1.54, 1.807) is 18.2 Å². The molecule has 0 atom stereocenters. The quantitative estimate of drug-likeness (QED) is 0.0844. The van der Waals surface area contributed by atoms with Gasteiger partial charge in [0.05, 0.1) is 5.57 Å². The van der Waals surface area contributed by atoms with Crippen molar-refractivity contribution >= 4 is 55.1 Å². The van der Waals surface area contributed by atoms with Crippen LogP contribution in [-0.2, 0) is 0 Å². The fourth-order valence-corrected chi connectivity index (χ4v) is 4.25. The lowest BCUT2D eigenvalue weighted by atomic mass is 9.88. The minimum Gasteiger partial charge on any atom is -0.507 e. The molecule has 0 spiro atoms. The van der Waals surface area contributed by atoms with E-state index in [2.05, 4.69) is 31.9 Å². The number of aliphatic hydroxyl groups is 1. The molecular formula is C29H20Br2O2. The molecule has 0 unspecified atom stereocenters. The smallest absolute Gasteiger partial charge is 0.198 e. The minimum atomic E-state index is -0.270. The van der Waals surface area contributed by atoms with E-state index in [0.29, 0.717) is 21.2 Å². The van der Waals surface area contributed by atoms with E-state index >= 15 is 0 Å². The standard InChI is InChI=1S/C29H20Br2O2/c30-23-17-15-22(16-18-23)28(32)27(29(33)24-13-7-8-14-26(24)31)25(21-11-5-2-6-12-21)19-20-9-3-1-4-10-20/h1-19,32H/b25-19-,28-27+. The van der Waals surface area contributed by atoms with Crippen LogP contribution in [0.2, 0.25) is 0 Å². The van der Waals surface area contributed by atoms with Crippen molar-refractivity contribution < 1.29 is 9.90 Å². The molecule has 4 aromatic rings. The maximum atomic E-state index is 14.0. The SMILES string of the molecule is O=C(C(/C(=C\c1ccccc1)c1ccccc1)=C(/O)c1ccc(Br)cc1)c1ccccc1Br. The lowest BCUT2D eigenvalue weighted by Crippen LogP contribution is -2.10. The Morgan fingerprint density at radius 3 is 1.88 bits per heavy atom. The van der Waals surface area contributed by atoms with E-state index in [9.17, 15) is 9.90 Å². The number of Topliss-reactive ketones (excluding diaryl/α,β-unsaturated/α-hetero) is 1. The zero-order valence-electron chi connectivity index (χ0n) is 17.6. The molecule has 0 saturated heterocycles. The Hall–Kier alpha value is -3.21. The Balaban J connectivity index is 2.01. The predicted octanol–water partition coefficient (Wildman–Crippen LogP) is 8.60. The van der Waals surface area contributed by atoms with E-state index < -0.39 is 0 Å². The van der Waals surface area contributed by atoms with Crippen molar-refractivity contribution in [3.8, 4) is 0 Å². The van der Waals surface area contributed by atoms with Crippen LogP contribution in [0.3, 0.4) is 0 Å². The Morgan fingerprint density at radius 2 is 1.24 bits per heavy atom. The van der Waals surface area contributed by atoms with E-state index in [4.69, 9.17) is 0 Å². The van der Waals surface area contributed by atoms with Crippen LogP contribution in [0.5, 0.6) is 0 Å². The van der Waals surface area contributed by atoms with Crippen molar-refractivity contribution in [3.05, 3.63) is 146 Å². The molecule has 0 aliphatic rings. The minimum absolute atomic E-state index is 0.0747. The summed E-state index contributed by atoms with van der Waals surface area (Å²) in [4.78, 5) is 14.0. The first-order valence-corrected chi connectivity index (χ1v) is 11.9. The largest absolute Gasteiger partial charge is 0.507 e. The van der Waals surface area contributed by atoms with Gasteiger partial charge in [0.1, 0.15) is 5.76 Å². The van der Waals surface area contributed by atoms with Crippen LogP contribution in [0.4, 0.5) is 0 Å². The van der Waals surface area contributed by atoms with E-state index in [1.807, 2.05) is 97.1 Å². The van der Waals surface area contributed by atoms with Gasteiger partial charge in [0.2, 0.25) is 0 Å². The highest BCUT2D eigenvalue weighted by atomic mass is 79.9. The van der Waals surface area contributed by atoms with Gasteiger partial charge < -0.3 is 5.11 Å². The molecular weight excluding hydrogens is 540 g/mol. The van der Waals surface area contributed by atoms with Crippen LogP contribution in [0.1, 0.15) is 27.0 Å². The number of ketones is 1. The van der Waals surface area contributed by atoms with Gasteiger partial charge in [-0.2, -0.15) is 0 Å². The second kappa shape index (κ2) is 10.6. The molecule has 4 aromatic carbocycles. The van der Waals surface area contributed by atoms with Gasteiger partial charge in [-0.15, -0.1) is 0 Å². The van der Waals surface area contributed by atoms with Gasteiger partial charge in [0, 0.05) is 20.1 Å². The third kappa shape index (κ3) is 5.41. The third-order valence-corrected chi connectivity index (χ3v) is 6.38. The average Bonchev–Trinajstić information content (AvgIpc) is 2.85. The number of allylic oxidation sites excluding steroid dienone is 2. The van der Waals surface area contributed by atoms with Gasteiger partial charge in [-0.05, 0) is 47.0 Å². The summed E-state index contributed by atoms with van der Waals surface area (Å²) in [6.45, 7) is 0. The number of aliphatic hydroxyl groups excluding tert-OH is 1. The molecule has 0 fully saturated rings. The summed E-state index contributed by atoms with van der Waals surface area (Å²) in [5.41, 5.74) is 3.68. The van der Waals surface area contributed by atoms with Crippen molar-refractivity contribution in [1.82, 2.24) is 0 Å². The van der Waals surface area contributed by atoms with E-state index in [0.717, 1.165) is 15.6 Å². The van der Waals surface area contributed by atoms with Crippen LogP contribution in [0, 0.1) is 0 Å². The number of carbonyl (C=O) groups excluding carboxylic acids is 1. The molecule has 1 N–H and O–H groups in total. The Labute approximate surface area is 210 Å². The molecule has 0 heterocycles. The summed E-state index contributed by atoms with van der Waals surface area (Å²) in [6, 6.07) is 34.0. The Morgan fingerprint density at radius 1 is 0.667 bits per heavy atom. The molecule has 0 aromatic heterocycles. The van der Waals surface area contributed by atoms with Crippen LogP contribution in [-0.4, -0.2) is 10.9 Å².